The lowest BCUT2D eigenvalue weighted by Crippen LogP contribution is -2.50. The molecule has 0 aromatic rings. The van der Waals surface area contributed by atoms with E-state index >= 15 is 0 Å². The van der Waals surface area contributed by atoms with Crippen molar-refractivity contribution in [3.05, 3.63) is 11.6 Å². The van der Waals surface area contributed by atoms with Crippen molar-refractivity contribution in [3.63, 3.8) is 0 Å². The van der Waals surface area contributed by atoms with Gasteiger partial charge in [0, 0.05) is 12.8 Å². The lowest BCUT2D eigenvalue weighted by molar-refractivity contribution is -0.117. The quantitative estimate of drug-likeness (QED) is 0.600. The summed E-state index contributed by atoms with van der Waals surface area (Å²) in [6, 6.07) is 0. The van der Waals surface area contributed by atoms with E-state index in [1.54, 1.807) is 0 Å². The van der Waals surface area contributed by atoms with Crippen LogP contribution in [0.1, 0.15) is 78.1 Å². The molecule has 0 N–H and O–H groups in total. The number of ketones is 1. The second-order valence-electron chi connectivity index (χ2n) is 8.87. The molecule has 3 fully saturated rings. The van der Waals surface area contributed by atoms with Gasteiger partial charge in [-0.3, -0.25) is 4.79 Å². The van der Waals surface area contributed by atoms with Crippen molar-refractivity contribution in [2.45, 2.75) is 78.1 Å². The standard InChI is InChI=1S/C22H30O/c1-3-4-11-22-12-5-6-20(22)18-8-7-16-15-17(23)9-13-21(16,2)19(18)10-14-22/h15,18-20H,5-14H2,1-2H3/t18-,19+,20+,21+,22+/m1/s1. The molecular formula is C22H30O. The zero-order chi connectivity index (χ0) is 16.1. The fraction of sp³-hybridized carbons (Fsp3) is 0.773. The zero-order valence-corrected chi connectivity index (χ0v) is 14.8. The highest BCUT2D eigenvalue weighted by Gasteiger charge is 2.57. The first-order valence-corrected chi connectivity index (χ1v) is 9.73. The van der Waals surface area contributed by atoms with Crippen molar-refractivity contribution >= 4 is 5.78 Å². The van der Waals surface area contributed by atoms with Crippen molar-refractivity contribution in [1.29, 1.82) is 0 Å². The van der Waals surface area contributed by atoms with Crippen LogP contribution in [0.5, 0.6) is 0 Å². The van der Waals surface area contributed by atoms with E-state index in [4.69, 9.17) is 0 Å². The van der Waals surface area contributed by atoms with Crippen LogP contribution < -0.4 is 0 Å². The molecule has 4 aliphatic rings. The van der Waals surface area contributed by atoms with Gasteiger partial charge in [0.15, 0.2) is 5.78 Å². The molecule has 0 amide bonds. The van der Waals surface area contributed by atoms with Crippen LogP contribution in [0.3, 0.4) is 0 Å². The third-order valence-corrected chi connectivity index (χ3v) is 8.11. The Morgan fingerprint density at radius 2 is 2.00 bits per heavy atom. The van der Waals surface area contributed by atoms with E-state index in [-0.39, 0.29) is 0 Å². The number of carbonyl (C=O) groups excluding carboxylic acids is 1. The second kappa shape index (κ2) is 5.51. The SMILES string of the molecule is CC#CC[C@@]12CCC[C@H]1[C@@H]1CCC3=CC(=O)CC[C@]3(C)[C@H]1CC2. The molecule has 4 rings (SSSR count). The number of allylic oxidation sites excluding steroid dienone is 1. The van der Waals surface area contributed by atoms with Gasteiger partial charge in [0.25, 0.3) is 0 Å². The van der Waals surface area contributed by atoms with Crippen LogP contribution in [-0.2, 0) is 4.79 Å². The van der Waals surface area contributed by atoms with Crippen LogP contribution >= 0.6 is 0 Å². The molecule has 0 aliphatic heterocycles. The molecule has 0 heterocycles. The minimum Gasteiger partial charge on any atom is -0.295 e. The molecule has 124 valence electrons. The minimum atomic E-state index is 0.321. The molecule has 23 heavy (non-hydrogen) atoms. The lowest BCUT2D eigenvalue weighted by atomic mass is 9.47. The summed E-state index contributed by atoms with van der Waals surface area (Å²) < 4.78 is 0. The summed E-state index contributed by atoms with van der Waals surface area (Å²) in [6.45, 7) is 4.47. The van der Waals surface area contributed by atoms with Gasteiger partial charge in [-0.05, 0) is 86.5 Å². The molecule has 0 spiro atoms. The molecule has 0 unspecified atom stereocenters. The zero-order valence-electron chi connectivity index (χ0n) is 14.8. The summed E-state index contributed by atoms with van der Waals surface area (Å²) in [7, 11) is 0. The smallest absolute Gasteiger partial charge is 0.155 e. The third kappa shape index (κ3) is 2.25. The van der Waals surface area contributed by atoms with Crippen molar-refractivity contribution in [1.82, 2.24) is 0 Å². The van der Waals surface area contributed by atoms with Crippen molar-refractivity contribution in [2.24, 2.45) is 28.6 Å². The molecule has 0 radical (unpaired) electrons. The van der Waals surface area contributed by atoms with Crippen LogP contribution in [0.4, 0.5) is 0 Å². The Hall–Kier alpha value is -1.03. The van der Waals surface area contributed by atoms with Crippen molar-refractivity contribution in [3.8, 4) is 11.8 Å². The van der Waals surface area contributed by atoms with Gasteiger partial charge in [-0.2, -0.15) is 0 Å². The summed E-state index contributed by atoms with van der Waals surface area (Å²) >= 11 is 0. The molecule has 3 saturated carbocycles. The highest BCUT2D eigenvalue weighted by molar-refractivity contribution is 5.91. The molecule has 4 aliphatic carbocycles. The van der Waals surface area contributed by atoms with Gasteiger partial charge in [-0.15, -0.1) is 11.8 Å². The first kappa shape index (κ1) is 15.5. The van der Waals surface area contributed by atoms with E-state index in [1.165, 1.54) is 50.5 Å². The van der Waals surface area contributed by atoms with Crippen molar-refractivity contribution in [2.75, 3.05) is 0 Å². The maximum atomic E-state index is 11.9. The normalized spacial score (nSPS) is 45.2. The highest BCUT2D eigenvalue weighted by atomic mass is 16.1. The largest absolute Gasteiger partial charge is 0.295 e. The molecule has 1 nitrogen and oxygen atoms in total. The van der Waals surface area contributed by atoms with E-state index in [9.17, 15) is 4.79 Å². The highest BCUT2D eigenvalue weighted by Crippen LogP contribution is 2.66. The van der Waals surface area contributed by atoms with Gasteiger partial charge >= 0.3 is 0 Å². The Balaban J connectivity index is 1.65. The summed E-state index contributed by atoms with van der Waals surface area (Å²) in [5.74, 6) is 9.58. The number of carbonyl (C=O) groups is 1. The fourth-order valence-corrected chi connectivity index (χ4v) is 6.93. The van der Waals surface area contributed by atoms with Gasteiger partial charge in [-0.1, -0.05) is 18.9 Å². The Labute approximate surface area is 141 Å². The predicted molar refractivity (Wildman–Crippen MR) is 93.7 cm³/mol. The van der Waals surface area contributed by atoms with Gasteiger partial charge in [0.05, 0.1) is 0 Å². The molecular weight excluding hydrogens is 280 g/mol. The topological polar surface area (TPSA) is 17.1 Å². The Bertz CT molecular complexity index is 603. The van der Waals surface area contributed by atoms with Gasteiger partial charge < -0.3 is 0 Å². The monoisotopic (exact) mass is 310 g/mol. The van der Waals surface area contributed by atoms with Gasteiger partial charge in [0.1, 0.15) is 0 Å². The average molecular weight is 310 g/mol. The minimum absolute atomic E-state index is 0.321. The Kier molecular flexibility index (Phi) is 3.71. The summed E-state index contributed by atoms with van der Waals surface area (Å²) in [4.78, 5) is 11.9. The van der Waals surface area contributed by atoms with E-state index in [1.807, 2.05) is 13.0 Å². The molecule has 0 saturated heterocycles. The molecule has 5 atom stereocenters. The maximum absolute atomic E-state index is 11.9. The number of hydrogen-bond donors (Lipinski definition) is 0. The first-order valence-electron chi connectivity index (χ1n) is 9.73. The molecule has 0 aromatic heterocycles. The maximum Gasteiger partial charge on any atom is 0.155 e. The van der Waals surface area contributed by atoms with Crippen LogP contribution in [-0.4, -0.2) is 5.78 Å². The van der Waals surface area contributed by atoms with Crippen LogP contribution in [0.2, 0.25) is 0 Å². The number of fused-ring (bicyclic) bond motifs is 5. The molecule has 1 heteroatoms. The lowest BCUT2D eigenvalue weighted by Gasteiger charge is -2.57. The summed E-state index contributed by atoms with van der Waals surface area (Å²) in [6.07, 6.45) is 14.5. The van der Waals surface area contributed by atoms with E-state index in [0.29, 0.717) is 16.6 Å². The predicted octanol–water partition coefficient (Wildman–Crippen LogP) is 5.30. The van der Waals surface area contributed by atoms with Crippen molar-refractivity contribution < 1.29 is 4.79 Å². The fourth-order valence-electron chi connectivity index (χ4n) is 6.93. The number of hydrogen-bond acceptors (Lipinski definition) is 1. The van der Waals surface area contributed by atoms with Crippen LogP contribution in [0, 0.1) is 40.4 Å². The Morgan fingerprint density at radius 1 is 1.13 bits per heavy atom. The van der Waals surface area contributed by atoms with E-state index in [2.05, 4.69) is 18.8 Å². The third-order valence-electron chi connectivity index (χ3n) is 8.11. The first-order chi connectivity index (χ1) is 11.1. The van der Waals surface area contributed by atoms with E-state index in [0.717, 1.165) is 37.0 Å². The average Bonchev–Trinajstić information content (AvgIpc) is 2.98. The number of rotatable bonds is 1. The van der Waals surface area contributed by atoms with Crippen LogP contribution in [0.15, 0.2) is 11.6 Å². The molecule has 0 aromatic carbocycles. The summed E-state index contributed by atoms with van der Waals surface area (Å²) in [5.41, 5.74) is 2.35. The summed E-state index contributed by atoms with van der Waals surface area (Å²) in [5, 5.41) is 0. The van der Waals surface area contributed by atoms with Crippen LogP contribution in [0.25, 0.3) is 0 Å². The van der Waals surface area contributed by atoms with E-state index < -0.39 is 0 Å². The second-order valence-corrected chi connectivity index (χ2v) is 8.87. The van der Waals surface area contributed by atoms with Gasteiger partial charge in [0.2, 0.25) is 0 Å². The Morgan fingerprint density at radius 3 is 2.83 bits per heavy atom. The molecule has 0 bridgehead atoms. The van der Waals surface area contributed by atoms with Gasteiger partial charge in [-0.25, -0.2) is 0 Å².